The van der Waals surface area contributed by atoms with Gasteiger partial charge in [0.1, 0.15) is 0 Å². The highest BCUT2D eigenvalue weighted by atomic mass is 16.3. The largest absolute Gasteiger partial charge is 0.504 e. The second kappa shape index (κ2) is 7.50. The molecular weight excluding hydrogens is 376 g/mol. The summed E-state index contributed by atoms with van der Waals surface area (Å²) in [6.07, 6.45) is 1.20. The van der Waals surface area contributed by atoms with Crippen LogP contribution in [0.1, 0.15) is 22.3 Å². The second-order valence-corrected chi connectivity index (χ2v) is 8.12. The van der Waals surface area contributed by atoms with E-state index in [0.717, 1.165) is 24.1 Å². The van der Waals surface area contributed by atoms with Gasteiger partial charge in [-0.2, -0.15) is 0 Å². The SMILES string of the molecule is O=C1[C@@H]2Cc3ccccc3CN2C(Cc2ccc(O)c(O)c2)N1Cc1ccccc1. The van der Waals surface area contributed by atoms with E-state index in [1.54, 1.807) is 6.07 Å². The molecule has 5 rings (SSSR count). The maximum atomic E-state index is 13.5. The van der Waals surface area contributed by atoms with Crippen molar-refractivity contribution in [2.75, 3.05) is 0 Å². The third kappa shape index (κ3) is 3.31. The van der Waals surface area contributed by atoms with Gasteiger partial charge in [-0.3, -0.25) is 9.69 Å². The van der Waals surface area contributed by atoms with Crippen LogP contribution in [0.2, 0.25) is 0 Å². The second-order valence-electron chi connectivity index (χ2n) is 8.12. The Hall–Kier alpha value is -3.31. The number of phenols is 2. The van der Waals surface area contributed by atoms with Gasteiger partial charge < -0.3 is 15.1 Å². The average Bonchev–Trinajstić information content (AvgIpc) is 3.01. The molecule has 0 aliphatic carbocycles. The van der Waals surface area contributed by atoms with Crippen molar-refractivity contribution in [1.29, 1.82) is 0 Å². The Labute approximate surface area is 175 Å². The normalized spacial score (nSPS) is 20.8. The predicted molar refractivity (Wildman–Crippen MR) is 114 cm³/mol. The summed E-state index contributed by atoms with van der Waals surface area (Å²) in [4.78, 5) is 17.7. The predicted octanol–water partition coefficient (Wildman–Crippen LogP) is 3.44. The minimum absolute atomic E-state index is 0.111. The van der Waals surface area contributed by atoms with Crippen LogP contribution in [0.3, 0.4) is 0 Å². The smallest absolute Gasteiger partial charge is 0.241 e. The number of benzene rings is 3. The zero-order chi connectivity index (χ0) is 20.7. The molecule has 0 aromatic heterocycles. The molecule has 1 fully saturated rings. The van der Waals surface area contributed by atoms with Crippen molar-refractivity contribution in [3.8, 4) is 11.5 Å². The van der Waals surface area contributed by atoms with Crippen molar-refractivity contribution in [3.05, 3.63) is 95.1 Å². The lowest BCUT2D eigenvalue weighted by atomic mass is 9.94. The summed E-state index contributed by atoms with van der Waals surface area (Å²) in [6.45, 7) is 1.28. The molecule has 2 atom stereocenters. The molecule has 152 valence electrons. The van der Waals surface area contributed by atoms with Crippen LogP contribution in [0.25, 0.3) is 0 Å². The molecule has 2 aliphatic heterocycles. The molecule has 1 saturated heterocycles. The quantitative estimate of drug-likeness (QED) is 0.659. The Kier molecular flexibility index (Phi) is 4.68. The highest BCUT2D eigenvalue weighted by Crippen LogP contribution is 2.35. The van der Waals surface area contributed by atoms with E-state index in [1.807, 2.05) is 53.4 Å². The number of carbonyl (C=O) groups excluding carboxylic acids is 1. The van der Waals surface area contributed by atoms with Crippen LogP contribution in [-0.2, 0) is 30.7 Å². The van der Waals surface area contributed by atoms with Crippen LogP contribution in [0.5, 0.6) is 11.5 Å². The first-order valence-corrected chi connectivity index (χ1v) is 10.3. The molecule has 1 unspecified atom stereocenters. The van der Waals surface area contributed by atoms with Gasteiger partial charge in [0.25, 0.3) is 0 Å². The van der Waals surface area contributed by atoms with Gasteiger partial charge in [-0.05, 0) is 40.8 Å². The third-order valence-electron chi connectivity index (χ3n) is 6.25. The van der Waals surface area contributed by atoms with Crippen molar-refractivity contribution in [2.24, 2.45) is 0 Å². The van der Waals surface area contributed by atoms with E-state index < -0.39 is 0 Å². The molecule has 30 heavy (non-hydrogen) atoms. The fourth-order valence-corrected chi connectivity index (χ4v) is 4.70. The van der Waals surface area contributed by atoms with Gasteiger partial charge in [-0.25, -0.2) is 0 Å². The fraction of sp³-hybridized carbons (Fsp3) is 0.240. The number of hydrogen-bond donors (Lipinski definition) is 2. The van der Waals surface area contributed by atoms with E-state index in [1.165, 1.54) is 17.2 Å². The molecule has 0 radical (unpaired) electrons. The van der Waals surface area contributed by atoms with E-state index in [-0.39, 0.29) is 29.6 Å². The zero-order valence-electron chi connectivity index (χ0n) is 16.6. The van der Waals surface area contributed by atoms with Crippen molar-refractivity contribution >= 4 is 5.91 Å². The van der Waals surface area contributed by atoms with Crippen molar-refractivity contribution in [1.82, 2.24) is 9.80 Å². The molecular formula is C25H24N2O3. The minimum atomic E-state index is -0.167. The lowest BCUT2D eigenvalue weighted by molar-refractivity contribution is -0.130. The summed E-state index contributed by atoms with van der Waals surface area (Å²) in [6, 6.07) is 23.1. The number of rotatable bonds is 4. The lowest BCUT2D eigenvalue weighted by Gasteiger charge is -2.34. The Balaban J connectivity index is 1.50. The molecule has 5 nitrogen and oxygen atoms in total. The summed E-state index contributed by atoms with van der Waals surface area (Å²) in [5.41, 5.74) is 4.50. The Morgan fingerprint density at radius 1 is 0.833 bits per heavy atom. The van der Waals surface area contributed by atoms with Gasteiger partial charge in [0, 0.05) is 19.5 Å². The summed E-state index contributed by atoms with van der Waals surface area (Å²) >= 11 is 0. The third-order valence-corrected chi connectivity index (χ3v) is 6.25. The number of phenolic OH excluding ortho intramolecular Hbond substituents is 2. The van der Waals surface area contributed by atoms with Crippen LogP contribution < -0.4 is 0 Å². The van der Waals surface area contributed by atoms with E-state index in [0.29, 0.717) is 13.0 Å². The monoisotopic (exact) mass is 400 g/mol. The Bertz CT molecular complexity index is 1080. The number of fused-ring (bicyclic) bond motifs is 2. The number of hydrogen-bond acceptors (Lipinski definition) is 4. The first kappa shape index (κ1) is 18.7. The molecule has 0 saturated carbocycles. The standard InChI is InChI=1S/C25H24N2O3/c28-22-11-10-18(12-23(22)29)13-24-26-16-20-9-5-4-8-19(20)14-21(26)25(30)27(24)15-17-6-2-1-3-7-17/h1-12,21,24,28-29H,13-16H2/t21-,24?/m0/s1. The molecule has 2 aliphatic rings. The van der Waals surface area contributed by atoms with Gasteiger partial charge in [-0.15, -0.1) is 0 Å². The minimum Gasteiger partial charge on any atom is -0.504 e. The average molecular weight is 400 g/mol. The van der Waals surface area contributed by atoms with E-state index >= 15 is 0 Å². The topological polar surface area (TPSA) is 64.0 Å². The summed E-state index contributed by atoms with van der Waals surface area (Å²) in [5.74, 6) is -0.111. The van der Waals surface area contributed by atoms with Crippen LogP contribution >= 0.6 is 0 Å². The molecule has 2 N–H and O–H groups in total. The Morgan fingerprint density at radius 3 is 2.33 bits per heavy atom. The summed E-state index contributed by atoms with van der Waals surface area (Å²) in [7, 11) is 0. The van der Waals surface area contributed by atoms with Crippen LogP contribution in [-0.4, -0.2) is 38.1 Å². The lowest BCUT2D eigenvalue weighted by Crippen LogP contribution is -2.44. The van der Waals surface area contributed by atoms with Crippen molar-refractivity contribution in [2.45, 2.75) is 38.1 Å². The molecule has 0 bridgehead atoms. The fourth-order valence-electron chi connectivity index (χ4n) is 4.70. The van der Waals surface area contributed by atoms with E-state index in [9.17, 15) is 15.0 Å². The zero-order valence-corrected chi connectivity index (χ0v) is 16.6. The number of amides is 1. The van der Waals surface area contributed by atoms with Gasteiger partial charge in [-0.1, -0.05) is 60.7 Å². The molecule has 0 spiro atoms. The molecule has 5 heteroatoms. The van der Waals surface area contributed by atoms with Crippen molar-refractivity contribution < 1.29 is 15.0 Å². The summed E-state index contributed by atoms with van der Waals surface area (Å²) < 4.78 is 0. The van der Waals surface area contributed by atoms with Gasteiger partial charge >= 0.3 is 0 Å². The number of nitrogens with zero attached hydrogens (tertiary/aromatic N) is 2. The van der Waals surface area contributed by atoms with Crippen LogP contribution in [0, 0.1) is 0 Å². The molecule has 2 heterocycles. The van der Waals surface area contributed by atoms with Crippen LogP contribution in [0.15, 0.2) is 72.8 Å². The molecule has 3 aromatic carbocycles. The van der Waals surface area contributed by atoms with Gasteiger partial charge in [0.2, 0.25) is 5.91 Å². The van der Waals surface area contributed by atoms with Crippen LogP contribution in [0.4, 0.5) is 0 Å². The molecule has 3 aromatic rings. The summed E-state index contributed by atoms with van der Waals surface area (Å²) in [5, 5.41) is 19.6. The number of carbonyl (C=O) groups is 1. The Morgan fingerprint density at radius 2 is 1.57 bits per heavy atom. The molecule has 1 amide bonds. The highest BCUT2D eigenvalue weighted by Gasteiger charge is 2.47. The maximum absolute atomic E-state index is 13.5. The first-order chi connectivity index (χ1) is 14.6. The first-order valence-electron chi connectivity index (χ1n) is 10.3. The number of aromatic hydroxyl groups is 2. The maximum Gasteiger partial charge on any atom is 0.241 e. The van der Waals surface area contributed by atoms with Gasteiger partial charge in [0.05, 0.1) is 12.2 Å². The van der Waals surface area contributed by atoms with Crippen molar-refractivity contribution in [3.63, 3.8) is 0 Å². The van der Waals surface area contributed by atoms with Gasteiger partial charge in [0.15, 0.2) is 11.5 Å². The highest BCUT2D eigenvalue weighted by molar-refractivity contribution is 5.85. The van der Waals surface area contributed by atoms with E-state index in [2.05, 4.69) is 17.0 Å². The van der Waals surface area contributed by atoms with E-state index in [4.69, 9.17) is 0 Å².